The van der Waals surface area contributed by atoms with E-state index in [0.717, 1.165) is 12.1 Å². The molecule has 3 heterocycles. The Kier molecular flexibility index (Phi) is 7.20. The number of anilines is 2. The number of aliphatic hydroxyl groups excluding tert-OH is 1. The van der Waals surface area contributed by atoms with E-state index in [1.807, 2.05) is 12.1 Å². The number of amides is 2. The summed E-state index contributed by atoms with van der Waals surface area (Å²) in [6.07, 6.45) is 0.509. The average molecular weight is 484 g/mol. The fourth-order valence-corrected chi connectivity index (χ4v) is 4.90. The SMILES string of the molecule is CC(O)Cc1ccc(-c2cc(C(N)=O)c(Nc3cccc(CNC4CCNC4=O)n3)s2)c(F)c1. The summed E-state index contributed by atoms with van der Waals surface area (Å²) in [6.45, 7) is 2.72. The van der Waals surface area contributed by atoms with Crippen LogP contribution in [-0.4, -0.2) is 40.6 Å². The molecular weight excluding hydrogens is 457 g/mol. The molecule has 0 aliphatic carbocycles. The van der Waals surface area contributed by atoms with Crippen molar-refractivity contribution in [2.75, 3.05) is 11.9 Å². The lowest BCUT2D eigenvalue weighted by Gasteiger charge is -2.11. The highest BCUT2D eigenvalue weighted by molar-refractivity contribution is 7.19. The minimum Gasteiger partial charge on any atom is -0.393 e. The number of nitrogens with one attached hydrogen (secondary N) is 3. The van der Waals surface area contributed by atoms with Gasteiger partial charge in [-0.15, -0.1) is 11.3 Å². The molecule has 1 fully saturated rings. The van der Waals surface area contributed by atoms with E-state index in [1.54, 1.807) is 31.2 Å². The second-order valence-electron chi connectivity index (χ2n) is 8.24. The van der Waals surface area contributed by atoms with Crippen molar-refractivity contribution in [2.45, 2.75) is 38.5 Å². The van der Waals surface area contributed by atoms with Gasteiger partial charge in [0.15, 0.2) is 0 Å². The van der Waals surface area contributed by atoms with Crippen molar-refractivity contribution in [3.63, 3.8) is 0 Å². The van der Waals surface area contributed by atoms with E-state index >= 15 is 0 Å². The van der Waals surface area contributed by atoms with Crippen molar-refractivity contribution in [1.82, 2.24) is 15.6 Å². The zero-order chi connectivity index (χ0) is 24.2. The zero-order valence-corrected chi connectivity index (χ0v) is 19.4. The van der Waals surface area contributed by atoms with Gasteiger partial charge in [0.2, 0.25) is 5.91 Å². The summed E-state index contributed by atoms with van der Waals surface area (Å²) < 4.78 is 14.8. The molecule has 1 saturated heterocycles. The molecule has 8 nitrogen and oxygen atoms in total. The number of carbonyl (C=O) groups is 2. The molecule has 3 aromatic rings. The van der Waals surface area contributed by atoms with Crippen LogP contribution in [0.1, 0.15) is 35.0 Å². The number of aliphatic hydroxyl groups is 1. The van der Waals surface area contributed by atoms with Crippen molar-refractivity contribution in [1.29, 1.82) is 0 Å². The molecule has 2 aromatic heterocycles. The monoisotopic (exact) mass is 483 g/mol. The number of halogens is 1. The molecule has 1 aromatic carbocycles. The highest BCUT2D eigenvalue weighted by Gasteiger charge is 2.23. The Bertz CT molecular complexity index is 1210. The van der Waals surface area contributed by atoms with Gasteiger partial charge in [0, 0.05) is 23.5 Å². The molecule has 0 radical (unpaired) electrons. The highest BCUT2D eigenvalue weighted by Crippen LogP contribution is 2.38. The Morgan fingerprint density at radius 2 is 2.18 bits per heavy atom. The molecule has 34 heavy (non-hydrogen) atoms. The van der Waals surface area contributed by atoms with Gasteiger partial charge in [-0.1, -0.05) is 18.2 Å². The number of carbonyl (C=O) groups excluding carboxylic acids is 2. The Balaban J connectivity index is 1.54. The van der Waals surface area contributed by atoms with Gasteiger partial charge in [0.1, 0.15) is 16.6 Å². The molecule has 10 heteroatoms. The van der Waals surface area contributed by atoms with Crippen LogP contribution in [0.3, 0.4) is 0 Å². The van der Waals surface area contributed by atoms with Crippen molar-refractivity contribution in [3.8, 4) is 10.4 Å². The maximum absolute atomic E-state index is 14.8. The number of thiophene rings is 1. The molecule has 6 N–H and O–H groups in total. The van der Waals surface area contributed by atoms with E-state index in [4.69, 9.17) is 5.73 Å². The first-order chi connectivity index (χ1) is 16.3. The number of benzene rings is 1. The van der Waals surface area contributed by atoms with E-state index in [2.05, 4.69) is 20.9 Å². The molecule has 0 bridgehead atoms. The minimum atomic E-state index is -0.638. The fourth-order valence-electron chi connectivity index (χ4n) is 3.81. The number of nitrogens with two attached hydrogens (primary N) is 1. The van der Waals surface area contributed by atoms with Crippen LogP contribution < -0.4 is 21.7 Å². The van der Waals surface area contributed by atoms with E-state index in [-0.39, 0.29) is 17.5 Å². The number of hydrogen-bond donors (Lipinski definition) is 5. The predicted octanol–water partition coefficient (Wildman–Crippen LogP) is 2.69. The standard InChI is InChI=1S/C24H26FN5O3S/c1-13(31)9-14-5-6-16(18(25)10-14)20-11-17(22(26)32)24(34-20)30-21-4-2-3-15(29-21)12-28-19-7-8-27-23(19)33/h2-6,10-11,13,19,28,31H,7-9,12H2,1H3,(H2,26,32)(H,27,33)(H,29,30). The molecule has 0 spiro atoms. The van der Waals surface area contributed by atoms with Crippen LogP contribution >= 0.6 is 11.3 Å². The molecule has 1 aliphatic rings. The normalized spacial score (nSPS) is 16.3. The van der Waals surface area contributed by atoms with Crippen LogP contribution in [0.4, 0.5) is 15.2 Å². The van der Waals surface area contributed by atoms with Crippen molar-refractivity contribution in [3.05, 3.63) is 65.1 Å². The summed E-state index contributed by atoms with van der Waals surface area (Å²) in [4.78, 5) is 28.9. The number of hydrogen-bond acceptors (Lipinski definition) is 7. The molecule has 178 valence electrons. The van der Waals surface area contributed by atoms with Gasteiger partial charge in [-0.2, -0.15) is 0 Å². The molecule has 2 atom stereocenters. The van der Waals surface area contributed by atoms with Crippen LogP contribution in [-0.2, 0) is 17.8 Å². The third-order valence-corrected chi connectivity index (χ3v) is 6.54. The number of aromatic nitrogens is 1. The largest absolute Gasteiger partial charge is 0.393 e. The van der Waals surface area contributed by atoms with Crippen LogP contribution in [0, 0.1) is 5.82 Å². The molecule has 2 unspecified atom stereocenters. The van der Waals surface area contributed by atoms with Gasteiger partial charge in [-0.3, -0.25) is 9.59 Å². The van der Waals surface area contributed by atoms with Gasteiger partial charge in [-0.25, -0.2) is 9.37 Å². The Morgan fingerprint density at radius 1 is 1.35 bits per heavy atom. The number of primary amides is 1. The van der Waals surface area contributed by atoms with Gasteiger partial charge in [-0.05, 0) is 49.6 Å². The number of pyridine rings is 1. The lowest BCUT2D eigenvalue weighted by molar-refractivity contribution is -0.120. The zero-order valence-electron chi connectivity index (χ0n) is 18.6. The average Bonchev–Trinajstić information content (AvgIpc) is 3.38. The predicted molar refractivity (Wildman–Crippen MR) is 129 cm³/mol. The summed E-state index contributed by atoms with van der Waals surface area (Å²) in [5, 5.41) is 19.1. The fraction of sp³-hybridized carbons (Fsp3) is 0.292. The second-order valence-corrected chi connectivity index (χ2v) is 9.29. The van der Waals surface area contributed by atoms with Crippen molar-refractivity contribution < 1.29 is 19.1 Å². The van der Waals surface area contributed by atoms with Crippen LogP contribution in [0.2, 0.25) is 0 Å². The number of nitrogens with zero attached hydrogens (tertiary/aromatic N) is 1. The van der Waals surface area contributed by atoms with Crippen LogP contribution in [0.15, 0.2) is 42.5 Å². The Morgan fingerprint density at radius 3 is 2.85 bits per heavy atom. The lowest BCUT2D eigenvalue weighted by Crippen LogP contribution is -2.35. The van der Waals surface area contributed by atoms with Gasteiger partial charge < -0.3 is 26.8 Å². The minimum absolute atomic E-state index is 0.0161. The summed E-state index contributed by atoms with van der Waals surface area (Å²) >= 11 is 1.20. The van der Waals surface area contributed by atoms with E-state index in [9.17, 15) is 19.1 Å². The third-order valence-electron chi connectivity index (χ3n) is 5.45. The van der Waals surface area contributed by atoms with Crippen LogP contribution in [0.25, 0.3) is 10.4 Å². The van der Waals surface area contributed by atoms with E-state index in [0.29, 0.717) is 46.3 Å². The maximum Gasteiger partial charge on any atom is 0.251 e. The van der Waals surface area contributed by atoms with Gasteiger partial charge in [0.25, 0.3) is 5.91 Å². The first kappa shape index (κ1) is 23.8. The lowest BCUT2D eigenvalue weighted by atomic mass is 10.0. The maximum atomic E-state index is 14.8. The second kappa shape index (κ2) is 10.3. The molecule has 1 aliphatic heterocycles. The molecule has 4 rings (SSSR count). The van der Waals surface area contributed by atoms with E-state index < -0.39 is 17.8 Å². The van der Waals surface area contributed by atoms with Crippen molar-refractivity contribution >= 4 is 34.0 Å². The summed E-state index contributed by atoms with van der Waals surface area (Å²) in [7, 11) is 0. The van der Waals surface area contributed by atoms with Crippen molar-refractivity contribution in [2.24, 2.45) is 5.73 Å². The molecule has 0 saturated carbocycles. The van der Waals surface area contributed by atoms with Gasteiger partial charge in [0.05, 0.1) is 23.4 Å². The summed E-state index contributed by atoms with van der Waals surface area (Å²) in [6, 6.07) is 11.5. The third kappa shape index (κ3) is 5.58. The van der Waals surface area contributed by atoms with Gasteiger partial charge >= 0.3 is 0 Å². The summed E-state index contributed by atoms with van der Waals surface area (Å²) in [5.74, 6) is -0.596. The smallest absolute Gasteiger partial charge is 0.251 e. The quantitative estimate of drug-likeness (QED) is 0.318. The summed E-state index contributed by atoms with van der Waals surface area (Å²) in [5.41, 5.74) is 7.56. The number of rotatable bonds is 9. The molecular formula is C24H26FN5O3S. The highest BCUT2D eigenvalue weighted by atomic mass is 32.1. The molecule has 2 amide bonds. The first-order valence-corrected chi connectivity index (χ1v) is 11.8. The van der Waals surface area contributed by atoms with Crippen LogP contribution in [0.5, 0.6) is 0 Å². The Labute approximate surface area is 200 Å². The Hall–Kier alpha value is -3.34. The topological polar surface area (TPSA) is 129 Å². The van der Waals surface area contributed by atoms with E-state index in [1.165, 1.54) is 17.4 Å². The first-order valence-electron chi connectivity index (χ1n) is 10.9.